The number of aliphatic hydroxyl groups excluding tert-OH is 1. The van der Waals surface area contributed by atoms with Gasteiger partial charge < -0.3 is 9.84 Å². The van der Waals surface area contributed by atoms with E-state index in [9.17, 15) is 5.11 Å². The van der Waals surface area contributed by atoms with Crippen LogP contribution >= 0.6 is 0 Å². The van der Waals surface area contributed by atoms with Crippen LogP contribution in [0.5, 0.6) is 0 Å². The molecule has 0 amide bonds. The van der Waals surface area contributed by atoms with Gasteiger partial charge in [-0.1, -0.05) is 100.0 Å². The minimum Gasteiger partial charge on any atom is -0.365 e. The van der Waals surface area contributed by atoms with Crippen molar-refractivity contribution in [3.8, 4) is 0 Å². The van der Waals surface area contributed by atoms with Gasteiger partial charge in [-0.3, -0.25) is 0 Å². The highest BCUT2D eigenvalue weighted by Crippen LogP contribution is 2.40. The summed E-state index contributed by atoms with van der Waals surface area (Å²) in [6, 6.07) is 0. The molecular formula is C28H46O2. The molecule has 1 atom stereocenters. The molecule has 0 aromatic heterocycles. The smallest absolute Gasteiger partial charge is 0.174 e. The molecule has 1 unspecified atom stereocenters. The molecule has 0 saturated carbocycles. The summed E-state index contributed by atoms with van der Waals surface area (Å²) in [5.41, 5.74) is 5.53. The lowest BCUT2D eigenvalue weighted by Gasteiger charge is -2.32. The van der Waals surface area contributed by atoms with E-state index in [-0.39, 0.29) is 5.41 Å². The summed E-state index contributed by atoms with van der Waals surface area (Å²) >= 11 is 0. The molecule has 0 aromatic rings. The van der Waals surface area contributed by atoms with Gasteiger partial charge in [0.2, 0.25) is 0 Å². The molecule has 1 aliphatic carbocycles. The van der Waals surface area contributed by atoms with Gasteiger partial charge in [0.05, 0.1) is 6.61 Å². The summed E-state index contributed by atoms with van der Waals surface area (Å²) in [5.74, 6) is 0. The SMILES string of the molecule is CCCCCCCCOC(O)C=C(C)C=CC=C(C)C=CC1=C(C)CCCC1(C)C. The van der Waals surface area contributed by atoms with E-state index in [1.807, 2.05) is 19.1 Å². The van der Waals surface area contributed by atoms with Crippen LogP contribution in [0.2, 0.25) is 0 Å². The average molecular weight is 415 g/mol. The normalized spacial score (nSPS) is 19.3. The number of hydrogen-bond acceptors (Lipinski definition) is 2. The van der Waals surface area contributed by atoms with Crippen molar-refractivity contribution < 1.29 is 9.84 Å². The number of ether oxygens (including phenoxy) is 1. The predicted molar refractivity (Wildman–Crippen MR) is 131 cm³/mol. The number of hydrogen-bond donors (Lipinski definition) is 1. The Morgan fingerprint density at radius 2 is 1.77 bits per heavy atom. The lowest BCUT2D eigenvalue weighted by atomic mass is 9.72. The topological polar surface area (TPSA) is 29.5 Å². The van der Waals surface area contributed by atoms with Crippen LogP contribution in [-0.4, -0.2) is 18.0 Å². The molecule has 0 radical (unpaired) electrons. The number of allylic oxidation sites excluding steroid dienone is 9. The summed E-state index contributed by atoms with van der Waals surface area (Å²) in [4.78, 5) is 0. The van der Waals surface area contributed by atoms with E-state index in [0.29, 0.717) is 6.61 Å². The van der Waals surface area contributed by atoms with Gasteiger partial charge in [0.25, 0.3) is 0 Å². The molecule has 0 aliphatic heterocycles. The van der Waals surface area contributed by atoms with Crippen molar-refractivity contribution >= 4 is 0 Å². The van der Waals surface area contributed by atoms with Crippen LogP contribution in [0.15, 0.2) is 58.7 Å². The van der Waals surface area contributed by atoms with Gasteiger partial charge in [0.15, 0.2) is 6.29 Å². The second-order valence-electron chi connectivity index (χ2n) is 9.47. The van der Waals surface area contributed by atoms with Crippen LogP contribution in [0.4, 0.5) is 0 Å². The minimum atomic E-state index is -0.821. The molecule has 30 heavy (non-hydrogen) atoms. The lowest BCUT2D eigenvalue weighted by Crippen LogP contribution is -2.19. The van der Waals surface area contributed by atoms with E-state index in [1.54, 1.807) is 6.08 Å². The molecule has 2 nitrogen and oxygen atoms in total. The van der Waals surface area contributed by atoms with Crippen LogP contribution in [0.1, 0.15) is 99.3 Å². The molecule has 0 heterocycles. The Kier molecular flexibility index (Phi) is 13.0. The second kappa shape index (κ2) is 14.6. The van der Waals surface area contributed by atoms with Gasteiger partial charge in [-0.25, -0.2) is 0 Å². The zero-order chi connectivity index (χ0) is 22.4. The molecule has 2 heteroatoms. The summed E-state index contributed by atoms with van der Waals surface area (Å²) < 4.78 is 5.50. The zero-order valence-electron chi connectivity index (χ0n) is 20.5. The predicted octanol–water partition coefficient (Wildman–Crippen LogP) is 8.21. The summed E-state index contributed by atoms with van der Waals surface area (Å²) in [7, 11) is 0. The number of unbranched alkanes of at least 4 members (excludes halogenated alkanes) is 5. The van der Waals surface area contributed by atoms with E-state index in [0.717, 1.165) is 12.0 Å². The fraction of sp³-hybridized carbons (Fsp3) is 0.643. The van der Waals surface area contributed by atoms with E-state index < -0.39 is 6.29 Å². The van der Waals surface area contributed by atoms with Crippen LogP contribution in [0.25, 0.3) is 0 Å². The Balaban J connectivity index is 2.44. The van der Waals surface area contributed by atoms with E-state index >= 15 is 0 Å². The molecule has 0 spiro atoms. The maximum atomic E-state index is 10.0. The van der Waals surface area contributed by atoms with Crippen molar-refractivity contribution in [3.05, 3.63) is 58.7 Å². The van der Waals surface area contributed by atoms with Crippen molar-refractivity contribution in [1.82, 2.24) is 0 Å². The maximum Gasteiger partial charge on any atom is 0.174 e. The number of rotatable bonds is 13. The van der Waals surface area contributed by atoms with Crippen LogP contribution in [0, 0.1) is 5.41 Å². The first-order valence-corrected chi connectivity index (χ1v) is 12.0. The standard InChI is InChI=1S/C28H46O2/c1-7-8-9-10-11-12-21-30-27(29)22-24(3)16-13-15-23(2)18-19-26-25(4)17-14-20-28(26,5)6/h13,15-16,18-19,22,27,29H,7-12,14,17,20-21H2,1-6H3. The van der Waals surface area contributed by atoms with Gasteiger partial charge in [0.1, 0.15) is 0 Å². The summed E-state index contributed by atoms with van der Waals surface area (Å²) in [6.45, 7) is 13.9. The Morgan fingerprint density at radius 1 is 1.07 bits per heavy atom. The van der Waals surface area contributed by atoms with Gasteiger partial charge in [-0.2, -0.15) is 0 Å². The fourth-order valence-corrected chi connectivity index (χ4v) is 4.05. The van der Waals surface area contributed by atoms with Gasteiger partial charge in [-0.05, 0) is 63.5 Å². The van der Waals surface area contributed by atoms with Crippen molar-refractivity contribution in [1.29, 1.82) is 0 Å². The molecule has 0 saturated heterocycles. The molecule has 0 aromatic carbocycles. The fourth-order valence-electron chi connectivity index (χ4n) is 4.05. The van der Waals surface area contributed by atoms with Gasteiger partial charge in [0, 0.05) is 0 Å². The molecule has 1 N–H and O–H groups in total. The largest absolute Gasteiger partial charge is 0.365 e. The molecule has 0 fully saturated rings. The molecule has 1 aliphatic rings. The average Bonchev–Trinajstić information content (AvgIpc) is 2.66. The van der Waals surface area contributed by atoms with Crippen molar-refractivity contribution in [2.24, 2.45) is 5.41 Å². The summed E-state index contributed by atoms with van der Waals surface area (Å²) in [6.07, 6.45) is 22.8. The third-order valence-electron chi connectivity index (χ3n) is 5.97. The van der Waals surface area contributed by atoms with Crippen LogP contribution < -0.4 is 0 Å². The third-order valence-corrected chi connectivity index (χ3v) is 5.97. The second-order valence-corrected chi connectivity index (χ2v) is 9.47. The first kappa shape index (κ1) is 26.7. The first-order valence-electron chi connectivity index (χ1n) is 12.0. The molecular weight excluding hydrogens is 368 g/mol. The van der Waals surface area contributed by atoms with E-state index in [1.165, 1.54) is 68.1 Å². The molecule has 0 bridgehead atoms. The Bertz CT molecular complexity index is 644. The summed E-state index contributed by atoms with van der Waals surface area (Å²) in [5, 5.41) is 10.0. The minimum absolute atomic E-state index is 0.278. The van der Waals surface area contributed by atoms with Gasteiger partial charge in [-0.15, -0.1) is 0 Å². The van der Waals surface area contributed by atoms with Crippen molar-refractivity contribution in [3.63, 3.8) is 0 Å². The monoisotopic (exact) mass is 414 g/mol. The Labute approximate surface area is 186 Å². The van der Waals surface area contributed by atoms with E-state index in [2.05, 4.69) is 52.8 Å². The lowest BCUT2D eigenvalue weighted by molar-refractivity contribution is -0.0654. The highest BCUT2D eigenvalue weighted by Gasteiger charge is 2.26. The molecule has 1 rings (SSSR count). The highest BCUT2D eigenvalue weighted by molar-refractivity contribution is 5.37. The van der Waals surface area contributed by atoms with Crippen LogP contribution in [-0.2, 0) is 4.74 Å². The van der Waals surface area contributed by atoms with Crippen molar-refractivity contribution in [2.45, 2.75) is 106 Å². The number of aliphatic hydroxyl groups is 1. The third kappa shape index (κ3) is 11.1. The maximum absolute atomic E-state index is 10.0. The van der Waals surface area contributed by atoms with Gasteiger partial charge >= 0.3 is 0 Å². The highest BCUT2D eigenvalue weighted by atomic mass is 16.6. The quantitative estimate of drug-likeness (QED) is 0.187. The van der Waals surface area contributed by atoms with Crippen molar-refractivity contribution in [2.75, 3.05) is 6.61 Å². The Morgan fingerprint density at radius 3 is 2.47 bits per heavy atom. The van der Waals surface area contributed by atoms with Crippen LogP contribution in [0.3, 0.4) is 0 Å². The first-order chi connectivity index (χ1) is 14.3. The zero-order valence-corrected chi connectivity index (χ0v) is 20.5. The Hall–Kier alpha value is -1.38. The van der Waals surface area contributed by atoms with E-state index in [4.69, 9.17) is 4.74 Å². The molecule has 170 valence electrons.